The molecule has 0 bridgehead atoms. The lowest BCUT2D eigenvalue weighted by molar-refractivity contribution is 0.0637. The van der Waals surface area contributed by atoms with E-state index < -0.39 is 0 Å². The number of para-hydroxylation sites is 1. The number of rotatable bonds is 1. The molecule has 1 fully saturated rings. The van der Waals surface area contributed by atoms with Crippen LogP contribution in [0.4, 0.5) is 0 Å². The monoisotopic (exact) mass is 268 g/mol. The summed E-state index contributed by atoms with van der Waals surface area (Å²) in [5, 5.41) is 0.959. The number of carbonyl (C=O) groups excluding carboxylic acids is 1. The number of carbonyl (C=O) groups is 1. The van der Waals surface area contributed by atoms with Crippen molar-refractivity contribution in [1.82, 2.24) is 9.88 Å². The minimum Gasteiger partial charge on any atom is -0.336 e. The first-order valence-corrected chi connectivity index (χ1v) is 7.34. The molecule has 1 aromatic heterocycles. The van der Waals surface area contributed by atoms with Gasteiger partial charge in [0, 0.05) is 23.7 Å². The van der Waals surface area contributed by atoms with E-state index in [1.165, 1.54) is 6.42 Å². The largest absolute Gasteiger partial charge is 0.336 e. The Morgan fingerprint density at radius 1 is 1.30 bits per heavy atom. The van der Waals surface area contributed by atoms with Crippen LogP contribution in [0.1, 0.15) is 42.2 Å². The number of benzene rings is 1. The summed E-state index contributed by atoms with van der Waals surface area (Å²) in [6.45, 7) is 4.96. The number of aromatic nitrogens is 1. The van der Waals surface area contributed by atoms with Crippen molar-refractivity contribution in [3.05, 3.63) is 41.6 Å². The van der Waals surface area contributed by atoms with Crippen LogP contribution in [0, 0.1) is 6.92 Å². The Labute approximate surface area is 119 Å². The van der Waals surface area contributed by atoms with E-state index in [1.807, 2.05) is 42.2 Å². The number of fused-ring (bicyclic) bond motifs is 1. The normalized spacial score (nSPS) is 19.3. The molecule has 1 aliphatic heterocycles. The van der Waals surface area contributed by atoms with Crippen LogP contribution >= 0.6 is 0 Å². The van der Waals surface area contributed by atoms with Crippen molar-refractivity contribution in [2.24, 2.45) is 0 Å². The highest BCUT2D eigenvalue weighted by Crippen LogP contribution is 2.24. The van der Waals surface area contributed by atoms with Gasteiger partial charge < -0.3 is 4.90 Å². The molecule has 0 aliphatic carbocycles. The lowest BCUT2D eigenvalue weighted by Gasteiger charge is -2.33. The van der Waals surface area contributed by atoms with Gasteiger partial charge >= 0.3 is 0 Å². The molecule has 1 atom stereocenters. The van der Waals surface area contributed by atoms with Crippen LogP contribution in [0.15, 0.2) is 30.3 Å². The van der Waals surface area contributed by atoms with Gasteiger partial charge in [-0.3, -0.25) is 9.78 Å². The quantitative estimate of drug-likeness (QED) is 0.792. The number of aryl methyl sites for hydroxylation is 1. The number of amides is 1. The average Bonchev–Trinajstić information content (AvgIpc) is 2.46. The molecule has 1 amide bonds. The highest BCUT2D eigenvalue weighted by atomic mass is 16.2. The van der Waals surface area contributed by atoms with Gasteiger partial charge in [-0.15, -0.1) is 0 Å². The van der Waals surface area contributed by atoms with Crippen LogP contribution in [0.3, 0.4) is 0 Å². The zero-order chi connectivity index (χ0) is 14.1. The van der Waals surface area contributed by atoms with E-state index in [1.54, 1.807) is 0 Å². The fourth-order valence-corrected chi connectivity index (χ4v) is 3.04. The number of likely N-dealkylation sites (tertiary alicyclic amines) is 1. The molecule has 0 spiro atoms. The molecule has 2 heterocycles. The zero-order valence-electron chi connectivity index (χ0n) is 12.1. The SMILES string of the molecule is Cc1cc(C(=O)N2CCCC[C@H]2C)c2ccccc2n1. The van der Waals surface area contributed by atoms with E-state index in [0.717, 1.165) is 41.5 Å². The molecule has 0 N–H and O–H groups in total. The second-order valence-corrected chi connectivity index (χ2v) is 5.67. The first kappa shape index (κ1) is 13.1. The van der Waals surface area contributed by atoms with E-state index in [0.29, 0.717) is 6.04 Å². The van der Waals surface area contributed by atoms with Crippen molar-refractivity contribution in [1.29, 1.82) is 0 Å². The number of piperidine rings is 1. The third-order valence-corrected chi connectivity index (χ3v) is 4.14. The topological polar surface area (TPSA) is 33.2 Å². The van der Waals surface area contributed by atoms with Gasteiger partial charge in [-0.1, -0.05) is 18.2 Å². The van der Waals surface area contributed by atoms with E-state index in [9.17, 15) is 4.79 Å². The first-order valence-electron chi connectivity index (χ1n) is 7.34. The lowest BCUT2D eigenvalue weighted by atomic mass is 10.0. The van der Waals surface area contributed by atoms with Gasteiger partial charge in [0.15, 0.2) is 0 Å². The first-order chi connectivity index (χ1) is 9.66. The maximum absolute atomic E-state index is 12.9. The maximum atomic E-state index is 12.9. The summed E-state index contributed by atoms with van der Waals surface area (Å²) < 4.78 is 0. The second kappa shape index (κ2) is 5.23. The summed E-state index contributed by atoms with van der Waals surface area (Å²) in [6.07, 6.45) is 3.44. The predicted octanol–water partition coefficient (Wildman–Crippen LogP) is 3.56. The fraction of sp³-hybridized carbons (Fsp3) is 0.412. The summed E-state index contributed by atoms with van der Waals surface area (Å²) >= 11 is 0. The summed E-state index contributed by atoms with van der Waals surface area (Å²) in [6, 6.07) is 10.2. The van der Waals surface area contributed by atoms with Gasteiger partial charge in [-0.25, -0.2) is 0 Å². The molecule has 3 rings (SSSR count). The van der Waals surface area contributed by atoms with Crippen LogP contribution in [0.25, 0.3) is 10.9 Å². The van der Waals surface area contributed by atoms with Crippen LogP contribution in [-0.2, 0) is 0 Å². The molecule has 0 saturated carbocycles. The molecule has 0 unspecified atom stereocenters. The molecule has 1 saturated heterocycles. The molecule has 3 heteroatoms. The van der Waals surface area contributed by atoms with Crippen molar-refractivity contribution in [3.63, 3.8) is 0 Å². The molecule has 3 nitrogen and oxygen atoms in total. The zero-order valence-corrected chi connectivity index (χ0v) is 12.1. The third kappa shape index (κ3) is 2.28. The van der Waals surface area contributed by atoms with Crippen molar-refractivity contribution in [3.8, 4) is 0 Å². The van der Waals surface area contributed by atoms with E-state index >= 15 is 0 Å². The van der Waals surface area contributed by atoms with Crippen molar-refractivity contribution < 1.29 is 4.79 Å². The highest BCUT2D eigenvalue weighted by Gasteiger charge is 2.25. The number of hydrogen-bond donors (Lipinski definition) is 0. The average molecular weight is 268 g/mol. The molecule has 2 aromatic rings. The molecule has 104 valence electrons. The van der Waals surface area contributed by atoms with E-state index in [4.69, 9.17) is 0 Å². The van der Waals surface area contributed by atoms with Gasteiger partial charge in [0.05, 0.1) is 11.1 Å². The Kier molecular flexibility index (Phi) is 3.43. The number of hydrogen-bond acceptors (Lipinski definition) is 2. The Morgan fingerprint density at radius 3 is 2.90 bits per heavy atom. The molecule has 0 radical (unpaired) electrons. The molecular formula is C17H20N2O. The van der Waals surface area contributed by atoms with Gasteiger partial charge in [-0.2, -0.15) is 0 Å². The van der Waals surface area contributed by atoms with Crippen LogP contribution in [-0.4, -0.2) is 28.4 Å². The standard InChI is InChI=1S/C17H20N2O/c1-12-11-15(14-8-3-4-9-16(14)18-12)17(20)19-10-6-5-7-13(19)2/h3-4,8-9,11,13H,5-7,10H2,1-2H3/t13-/m1/s1. The summed E-state index contributed by atoms with van der Waals surface area (Å²) in [5.41, 5.74) is 2.60. The Hall–Kier alpha value is -1.90. The third-order valence-electron chi connectivity index (χ3n) is 4.14. The van der Waals surface area contributed by atoms with Crippen LogP contribution < -0.4 is 0 Å². The van der Waals surface area contributed by atoms with Crippen molar-refractivity contribution >= 4 is 16.8 Å². The van der Waals surface area contributed by atoms with Crippen molar-refractivity contribution in [2.45, 2.75) is 39.2 Å². The summed E-state index contributed by atoms with van der Waals surface area (Å²) in [4.78, 5) is 19.4. The number of pyridine rings is 1. The van der Waals surface area contributed by atoms with E-state index in [-0.39, 0.29) is 5.91 Å². The predicted molar refractivity (Wildman–Crippen MR) is 80.8 cm³/mol. The summed E-state index contributed by atoms with van der Waals surface area (Å²) in [7, 11) is 0. The lowest BCUT2D eigenvalue weighted by Crippen LogP contribution is -2.42. The molecule has 1 aliphatic rings. The van der Waals surface area contributed by atoms with Crippen LogP contribution in [0.2, 0.25) is 0 Å². The van der Waals surface area contributed by atoms with Gasteiger partial charge in [0.1, 0.15) is 0 Å². The smallest absolute Gasteiger partial charge is 0.254 e. The van der Waals surface area contributed by atoms with Gasteiger partial charge in [-0.05, 0) is 45.2 Å². The van der Waals surface area contributed by atoms with Gasteiger partial charge in [0.2, 0.25) is 0 Å². The number of nitrogens with zero attached hydrogens (tertiary/aromatic N) is 2. The van der Waals surface area contributed by atoms with Crippen molar-refractivity contribution in [2.75, 3.05) is 6.54 Å². The highest BCUT2D eigenvalue weighted by molar-refractivity contribution is 6.06. The molecule has 1 aromatic carbocycles. The fourth-order valence-electron chi connectivity index (χ4n) is 3.04. The van der Waals surface area contributed by atoms with Gasteiger partial charge in [0.25, 0.3) is 5.91 Å². The molecular weight excluding hydrogens is 248 g/mol. The summed E-state index contributed by atoms with van der Waals surface area (Å²) in [5.74, 6) is 0.152. The van der Waals surface area contributed by atoms with Crippen LogP contribution in [0.5, 0.6) is 0 Å². The second-order valence-electron chi connectivity index (χ2n) is 5.67. The minimum atomic E-state index is 0.152. The molecule has 20 heavy (non-hydrogen) atoms. The minimum absolute atomic E-state index is 0.152. The maximum Gasteiger partial charge on any atom is 0.254 e. The van der Waals surface area contributed by atoms with E-state index in [2.05, 4.69) is 11.9 Å². The Balaban J connectivity index is 2.06. The Bertz CT molecular complexity index is 650. The Morgan fingerprint density at radius 2 is 2.10 bits per heavy atom.